The van der Waals surface area contributed by atoms with E-state index in [4.69, 9.17) is 10.00 Å². The topological polar surface area (TPSA) is 94.9 Å². The van der Waals surface area contributed by atoms with Crippen molar-refractivity contribution in [3.63, 3.8) is 0 Å². The summed E-state index contributed by atoms with van der Waals surface area (Å²) >= 11 is 0. The summed E-state index contributed by atoms with van der Waals surface area (Å²) < 4.78 is 5.72. The van der Waals surface area contributed by atoms with E-state index in [1.165, 1.54) is 0 Å². The van der Waals surface area contributed by atoms with Gasteiger partial charge in [0.2, 0.25) is 5.91 Å². The van der Waals surface area contributed by atoms with Gasteiger partial charge in [0.1, 0.15) is 11.9 Å². The first-order valence-corrected chi connectivity index (χ1v) is 8.49. The summed E-state index contributed by atoms with van der Waals surface area (Å²) in [6, 6.07) is 9.44. The van der Waals surface area contributed by atoms with Crippen molar-refractivity contribution in [3.8, 4) is 6.07 Å². The van der Waals surface area contributed by atoms with E-state index in [1.54, 1.807) is 12.1 Å². The maximum Gasteiger partial charge on any atom is 0.223 e. The van der Waals surface area contributed by atoms with E-state index in [1.807, 2.05) is 24.0 Å². The summed E-state index contributed by atoms with van der Waals surface area (Å²) in [5.41, 5.74) is 1.68. The first-order chi connectivity index (χ1) is 12.2. The molecule has 1 atom stereocenters. The molecule has 1 aliphatic rings. The highest BCUT2D eigenvalue weighted by Gasteiger charge is 2.27. The standard InChI is InChI=1S/C18H21N5O2/c1-2-16-20-18(22-21-16)15-12-23(9-10-25-15)17(24)8-7-13-3-5-14(11-19)6-4-13/h3-6,15H,2,7-10,12H2,1H3,(H,20,21,22)/t15-/m0/s1. The fraction of sp³-hybridized carbons (Fsp3) is 0.444. The molecule has 0 saturated carbocycles. The Morgan fingerprint density at radius 1 is 1.44 bits per heavy atom. The highest BCUT2D eigenvalue weighted by molar-refractivity contribution is 5.76. The van der Waals surface area contributed by atoms with Crippen LogP contribution < -0.4 is 0 Å². The number of nitrogens with one attached hydrogen (secondary N) is 1. The van der Waals surface area contributed by atoms with Gasteiger partial charge in [-0.2, -0.15) is 10.4 Å². The van der Waals surface area contributed by atoms with Crippen molar-refractivity contribution in [1.29, 1.82) is 5.26 Å². The van der Waals surface area contributed by atoms with Crippen LogP contribution in [0.5, 0.6) is 0 Å². The molecule has 7 nitrogen and oxygen atoms in total. The Morgan fingerprint density at radius 2 is 2.24 bits per heavy atom. The van der Waals surface area contributed by atoms with Crippen molar-refractivity contribution in [1.82, 2.24) is 20.1 Å². The molecule has 1 aromatic heterocycles. The normalized spacial score (nSPS) is 17.3. The number of ether oxygens (including phenoxy) is 1. The van der Waals surface area contributed by atoms with E-state index in [0.29, 0.717) is 43.9 Å². The summed E-state index contributed by atoms with van der Waals surface area (Å²) in [5.74, 6) is 1.54. The molecule has 0 spiro atoms. The number of benzene rings is 1. The molecular weight excluding hydrogens is 318 g/mol. The highest BCUT2D eigenvalue weighted by Crippen LogP contribution is 2.20. The molecule has 0 unspecified atom stereocenters. The van der Waals surface area contributed by atoms with Crippen molar-refractivity contribution in [2.75, 3.05) is 19.7 Å². The van der Waals surface area contributed by atoms with Crippen molar-refractivity contribution < 1.29 is 9.53 Å². The van der Waals surface area contributed by atoms with Gasteiger partial charge in [-0.05, 0) is 24.1 Å². The van der Waals surface area contributed by atoms with Crippen molar-refractivity contribution in [3.05, 3.63) is 47.0 Å². The number of aryl methyl sites for hydroxylation is 2. The van der Waals surface area contributed by atoms with Crippen molar-refractivity contribution in [2.45, 2.75) is 32.3 Å². The average molecular weight is 339 g/mol. The van der Waals surface area contributed by atoms with Gasteiger partial charge in [-0.15, -0.1) is 0 Å². The lowest BCUT2D eigenvalue weighted by atomic mass is 10.1. The van der Waals surface area contributed by atoms with E-state index in [2.05, 4.69) is 21.3 Å². The number of amides is 1. The summed E-state index contributed by atoms with van der Waals surface area (Å²) in [5, 5.41) is 15.9. The molecule has 3 rings (SSSR count). The number of hydrogen-bond acceptors (Lipinski definition) is 5. The molecule has 1 amide bonds. The molecular formula is C18H21N5O2. The third-order valence-corrected chi connectivity index (χ3v) is 4.30. The smallest absolute Gasteiger partial charge is 0.223 e. The van der Waals surface area contributed by atoms with Gasteiger partial charge in [0, 0.05) is 19.4 Å². The Bertz CT molecular complexity index is 763. The van der Waals surface area contributed by atoms with Gasteiger partial charge in [-0.25, -0.2) is 4.98 Å². The SMILES string of the molecule is CCc1nc([C@@H]2CN(C(=O)CCc3ccc(C#N)cc3)CCO2)n[nH]1. The molecule has 7 heteroatoms. The van der Waals surface area contributed by atoms with Crippen LogP contribution in [0.4, 0.5) is 0 Å². The van der Waals surface area contributed by atoms with Crippen molar-refractivity contribution in [2.24, 2.45) is 0 Å². The predicted octanol–water partition coefficient (Wildman–Crippen LogP) is 1.77. The van der Waals surface area contributed by atoms with Crippen LogP contribution in [0.15, 0.2) is 24.3 Å². The van der Waals surface area contributed by atoms with Crippen LogP contribution in [0.2, 0.25) is 0 Å². The van der Waals surface area contributed by atoms with Gasteiger partial charge in [-0.1, -0.05) is 19.1 Å². The lowest BCUT2D eigenvalue weighted by Crippen LogP contribution is -2.42. The Morgan fingerprint density at radius 3 is 2.92 bits per heavy atom. The number of H-pyrrole nitrogens is 1. The average Bonchev–Trinajstić information content (AvgIpc) is 3.16. The highest BCUT2D eigenvalue weighted by atomic mass is 16.5. The van der Waals surface area contributed by atoms with Gasteiger partial charge >= 0.3 is 0 Å². The second-order valence-corrected chi connectivity index (χ2v) is 6.00. The molecule has 0 radical (unpaired) electrons. The Labute approximate surface area is 146 Å². The molecule has 2 heterocycles. The number of nitriles is 1. The third-order valence-electron chi connectivity index (χ3n) is 4.30. The van der Waals surface area contributed by atoms with E-state index < -0.39 is 0 Å². The molecule has 130 valence electrons. The zero-order valence-electron chi connectivity index (χ0n) is 14.2. The summed E-state index contributed by atoms with van der Waals surface area (Å²) in [7, 11) is 0. The first-order valence-electron chi connectivity index (χ1n) is 8.49. The Hall–Kier alpha value is -2.72. The van der Waals surface area contributed by atoms with Crippen LogP contribution in [0, 0.1) is 11.3 Å². The number of carbonyl (C=O) groups is 1. The van der Waals surface area contributed by atoms with Crippen LogP contribution >= 0.6 is 0 Å². The molecule has 1 N–H and O–H groups in total. The quantitative estimate of drug-likeness (QED) is 0.896. The fourth-order valence-electron chi connectivity index (χ4n) is 2.80. The van der Waals surface area contributed by atoms with E-state index in [9.17, 15) is 4.79 Å². The monoisotopic (exact) mass is 339 g/mol. The summed E-state index contributed by atoms with van der Waals surface area (Å²) in [6.45, 7) is 3.56. The Kier molecular flexibility index (Phi) is 5.41. The van der Waals surface area contributed by atoms with Gasteiger partial charge in [0.15, 0.2) is 5.82 Å². The van der Waals surface area contributed by atoms with Gasteiger partial charge in [0.25, 0.3) is 0 Å². The number of aromatic nitrogens is 3. The number of aromatic amines is 1. The molecule has 25 heavy (non-hydrogen) atoms. The third kappa shape index (κ3) is 4.22. The molecule has 1 aliphatic heterocycles. The minimum atomic E-state index is -0.274. The zero-order chi connectivity index (χ0) is 17.6. The minimum absolute atomic E-state index is 0.101. The van der Waals surface area contributed by atoms with Crippen LogP contribution in [0.25, 0.3) is 0 Å². The molecule has 1 saturated heterocycles. The molecule has 0 bridgehead atoms. The van der Waals surface area contributed by atoms with E-state index in [-0.39, 0.29) is 12.0 Å². The summed E-state index contributed by atoms with van der Waals surface area (Å²) in [4.78, 5) is 18.7. The molecule has 1 aromatic carbocycles. The van der Waals surface area contributed by atoms with E-state index in [0.717, 1.165) is 17.8 Å². The summed E-state index contributed by atoms with van der Waals surface area (Å²) in [6.07, 6.45) is 1.61. The molecule has 0 aliphatic carbocycles. The van der Waals surface area contributed by atoms with Gasteiger partial charge in [-0.3, -0.25) is 9.89 Å². The largest absolute Gasteiger partial charge is 0.366 e. The van der Waals surface area contributed by atoms with Crippen LogP contribution in [-0.4, -0.2) is 45.7 Å². The second-order valence-electron chi connectivity index (χ2n) is 6.00. The van der Waals surface area contributed by atoms with Gasteiger partial charge < -0.3 is 9.64 Å². The van der Waals surface area contributed by atoms with Crippen molar-refractivity contribution >= 4 is 5.91 Å². The molecule has 2 aromatic rings. The number of nitrogens with zero attached hydrogens (tertiary/aromatic N) is 4. The number of morpholine rings is 1. The van der Waals surface area contributed by atoms with Crippen LogP contribution in [-0.2, 0) is 22.4 Å². The maximum absolute atomic E-state index is 12.5. The van der Waals surface area contributed by atoms with Gasteiger partial charge in [0.05, 0.1) is 24.8 Å². The predicted molar refractivity (Wildman–Crippen MR) is 90.5 cm³/mol. The lowest BCUT2D eigenvalue weighted by Gasteiger charge is -2.31. The molecule has 1 fully saturated rings. The first kappa shape index (κ1) is 17.1. The fourth-order valence-corrected chi connectivity index (χ4v) is 2.80. The second kappa shape index (κ2) is 7.90. The minimum Gasteiger partial charge on any atom is -0.366 e. The lowest BCUT2D eigenvalue weighted by molar-refractivity contribution is -0.139. The number of rotatable bonds is 5. The van der Waals surface area contributed by atoms with Crippen LogP contribution in [0.1, 0.15) is 42.2 Å². The Balaban J connectivity index is 1.55. The maximum atomic E-state index is 12.5. The zero-order valence-corrected chi connectivity index (χ0v) is 14.2. The number of hydrogen-bond donors (Lipinski definition) is 1. The van der Waals surface area contributed by atoms with Crippen LogP contribution in [0.3, 0.4) is 0 Å². The van der Waals surface area contributed by atoms with E-state index >= 15 is 0 Å². The number of carbonyl (C=O) groups excluding carboxylic acids is 1.